The van der Waals surface area contributed by atoms with E-state index < -0.39 is 0 Å². The fourth-order valence-corrected chi connectivity index (χ4v) is 3.27. The maximum absolute atomic E-state index is 6.44. The average Bonchev–Trinajstić information content (AvgIpc) is 2.51. The van der Waals surface area contributed by atoms with Gasteiger partial charge in [-0.1, -0.05) is 20.8 Å². The van der Waals surface area contributed by atoms with Crippen LogP contribution < -0.4 is 5.73 Å². The lowest BCUT2D eigenvalue weighted by Gasteiger charge is -2.35. The Morgan fingerprint density at radius 2 is 2.18 bits per heavy atom. The molecule has 2 rings (SSSR count). The van der Waals surface area contributed by atoms with Gasteiger partial charge in [-0.15, -0.1) is 0 Å². The summed E-state index contributed by atoms with van der Waals surface area (Å²) in [7, 11) is 0. The Labute approximate surface area is 106 Å². The molecular weight excluding hydrogens is 212 g/mol. The second kappa shape index (κ2) is 5.25. The van der Waals surface area contributed by atoms with Gasteiger partial charge in [-0.05, 0) is 31.1 Å². The minimum atomic E-state index is 0.305. The number of ether oxygens (including phenoxy) is 1. The largest absolute Gasteiger partial charge is 0.377 e. The van der Waals surface area contributed by atoms with Crippen LogP contribution in [0.2, 0.25) is 0 Å². The van der Waals surface area contributed by atoms with Gasteiger partial charge in [0.1, 0.15) is 0 Å². The minimum absolute atomic E-state index is 0.305. The molecular formula is C14H28N2O. The maximum atomic E-state index is 6.44. The molecule has 3 nitrogen and oxygen atoms in total. The second-order valence-corrected chi connectivity index (χ2v) is 6.37. The highest BCUT2D eigenvalue weighted by Gasteiger charge is 2.42. The van der Waals surface area contributed by atoms with Crippen LogP contribution >= 0.6 is 0 Å². The lowest BCUT2D eigenvalue weighted by molar-refractivity contribution is 0.0432. The lowest BCUT2D eigenvalue weighted by Crippen LogP contribution is -2.50. The molecule has 0 spiro atoms. The van der Waals surface area contributed by atoms with Crippen molar-refractivity contribution in [1.29, 1.82) is 0 Å². The summed E-state index contributed by atoms with van der Waals surface area (Å²) < 4.78 is 5.85. The van der Waals surface area contributed by atoms with Crippen molar-refractivity contribution in [3.8, 4) is 0 Å². The van der Waals surface area contributed by atoms with Crippen molar-refractivity contribution in [2.75, 3.05) is 19.7 Å². The third-order valence-corrected chi connectivity index (χ3v) is 4.71. The highest BCUT2D eigenvalue weighted by molar-refractivity contribution is 4.99. The van der Waals surface area contributed by atoms with Gasteiger partial charge in [0, 0.05) is 31.8 Å². The third-order valence-electron chi connectivity index (χ3n) is 4.71. The van der Waals surface area contributed by atoms with E-state index in [0.29, 0.717) is 23.6 Å². The van der Waals surface area contributed by atoms with Crippen molar-refractivity contribution < 1.29 is 4.74 Å². The van der Waals surface area contributed by atoms with Crippen LogP contribution in [-0.4, -0.2) is 42.8 Å². The molecule has 1 aliphatic heterocycles. The predicted molar refractivity (Wildman–Crippen MR) is 71.0 cm³/mol. The van der Waals surface area contributed by atoms with Gasteiger partial charge in [0.2, 0.25) is 0 Å². The molecule has 1 saturated heterocycles. The molecule has 2 N–H and O–H groups in total. The molecule has 100 valence electrons. The summed E-state index contributed by atoms with van der Waals surface area (Å²) >= 11 is 0. The van der Waals surface area contributed by atoms with E-state index in [-0.39, 0.29) is 0 Å². The van der Waals surface area contributed by atoms with Crippen LogP contribution in [0, 0.1) is 5.41 Å². The molecule has 2 aliphatic rings. The van der Waals surface area contributed by atoms with Gasteiger partial charge in [0.05, 0.1) is 6.10 Å². The fourth-order valence-electron chi connectivity index (χ4n) is 3.27. The normalized spacial score (nSPS) is 39.2. The molecule has 0 aromatic rings. The van der Waals surface area contributed by atoms with Crippen molar-refractivity contribution in [3.05, 3.63) is 0 Å². The lowest BCUT2D eigenvalue weighted by atomic mass is 9.87. The van der Waals surface area contributed by atoms with Gasteiger partial charge in [-0.2, -0.15) is 0 Å². The SMILES string of the molecule is CCC1CN(C2CCC(C)(C)C2N)CCCO1. The zero-order valence-corrected chi connectivity index (χ0v) is 11.6. The topological polar surface area (TPSA) is 38.5 Å². The van der Waals surface area contributed by atoms with E-state index in [1.54, 1.807) is 0 Å². The summed E-state index contributed by atoms with van der Waals surface area (Å²) in [4.78, 5) is 2.60. The van der Waals surface area contributed by atoms with Crippen molar-refractivity contribution >= 4 is 0 Å². The third kappa shape index (κ3) is 2.83. The molecule has 1 aliphatic carbocycles. The van der Waals surface area contributed by atoms with E-state index in [1.165, 1.54) is 12.8 Å². The number of nitrogens with two attached hydrogens (primary N) is 1. The van der Waals surface area contributed by atoms with Gasteiger partial charge < -0.3 is 10.5 Å². The molecule has 3 heteroatoms. The van der Waals surface area contributed by atoms with E-state index >= 15 is 0 Å². The second-order valence-electron chi connectivity index (χ2n) is 6.37. The average molecular weight is 240 g/mol. The Bertz CT molecular complexity index is 255. The highest BCUT2D eigenvalue weighted by Crippen LogP contribution is 2.39. The van der Waals surface area contributed by atoms with Gasteiger partial charge in [-0.25, -0.2) is 0 Å². The Hall–Kier alpha value is -0.120. The standard InChI is InChI=1S/C14H28N2O/c1-4-11-10-16(8-5-9-17-11)12-6-7-14(2,3)13(12)15/h11-13H,4-10,15H2,1-3H3. The Morgan fingerprint density at radius 1 is 1.41 bits per heavy atom. The van der Waals surface area contributed by atoms with Gasteiger partial charge in [0.25, 0.3) is 0 Å². The molecule has 17 heavy (non-hydrogen) atoms. The summed E-state index contributed by atoms with van der Waals surface area (Å²) in [5.74, 6) is 0. The maximum Gasteiger partial charge on any atom is 0.0699 e. The molecule has 0 aromatic heterocycles. The van der Waals surface area contributed by atoms with Crippen LogP contribution in [0.25, 0.3) is 0 Å². The molecule has 0 aromatic carbocycles. The summed E-state index contributed by atoms with van der Waals surface area (Å²) in [5.41, 5.74) is 6.75. The van der Waals surface area contributed by atoms with Crippen LogP contribution in [0.15, 0.2) is 0 Å². The van der Waals surface area contributed by atoms with E-state index in [4.69, 9.17) is 10.5 Å². The fraction of sp³-hybridized carbons (Fsp3) is 1.00. The number of rotatable bonds is 2. The zero-order chi connectivity index (χ0) is 12.5. The van der Waals surface area contributed by atoms with Crippen LogP contribution in [-0.2, 0) is 4.74 Å². The van der Waals surface area contributed by atoms with Crippen molar-refractivity contribution in [1.82, 2.24) is 4.90 Å². The van der Waals surface area contributed by atoms with Crippen LogP contribution in [0.5, 0.6) is 0 Å². The summed E-state index contributed by atoms with van der Waals surface area (Å²) in [6, 6.07) is 0.888. The monoisotopic (exact) mass is 240 g/mol. The summed E-state index contributed by atoms with van der Waals surface area (Å²) in [6.07, 6.45) is 5.19. The molecule has 2 fully saturated rings. The van der Waals surface area contributed by atoms with Gasteiger partial charge in [-0.3, -0.25) is 4.90 Å². The van der Waals surface area contributed by atoms with Crippen molar-refractivity contribution in [2.24, 2.45) is 11.1 Å². The van der Waals surface area contributed by atoms with Crippen molar-refractivity contribution in [3.63, 3.8) is 0 Å². The quantitative estimate of drug-likeness (QED) is 0.802. The highest BCUT2D eigenvalue weighted by atomic mass is 16.5. The zero-order valence-electron chi connectivity index (χ0n) is 11.6. The molecule has 3 atom stereocenters. The molecule has 1 heterocycles. The van der Waals surface area contributed by atoms with E-state index in [2.05, 4.69) is 25.7 Å². The van der Waals surface area contributed by atoms with E-state index in [0.717, 1.165) is 32.5 Å². The molecule has 0 radical (unpaired) electrons. The first-order valence-corrected chi connectivity index (χ1v) is 7.16. The van der Waals surface area contributed by atoms with Crippen LogP contribution in [0.3, 0.4) is 0 Å². The van der Waals surface area contributed by atoms with E-state index in [9.17, 15) is 0 Å². The van der Waals surface area contributed by atoms with Gasteiger partial charge in [0.15, 0.2) is 0 Å². The molecule has 1 saturated carbocycles. The smallest absolute Gasteiger partial charge is 0.0699 e. The van der Waals surface area contributed by atoms with Crippen molar-refractivity contribution in [2.45, 2.75) is 64.6 Å². The Kier molecular flexibility index (Phi) is 4.11. The molecule has 0 amide bonds. The number of nitrogens with zero attached hydrogens (tertiary/aromatic N) is 1. The summed E-state index contributed by atoms with van der Waals surface area (Å²) in [5, 5.41) is 0. The molecule has 3 unspecified atom stereocenters. The predicted octanol–water partition coefficient (Wildman–Crippen LogP) is 2.00. The Morgan fingerprint density at radius 3 is 2.76 bits per heavy atom. The van der Waals surface area contributed by atoms with Crippen LogP contribution in [0.1, 0.15) is 46.5 Å². The van der Waals surface area contributed by atoms with E-state index in [1.807, 2.05) is 0 Å². The Balaban J connectivity index is 2.01. The minimum Gasteiger partial charge on any atom is -0.377 e. The number of hydrogen-bond donors (Lipinski definition) is 1. The summed E-state index contributed by atoms with van der Waals surface area (Å²) in [6.45, 7) is 9.98. The van der Waals surface area contributed by atoms with Crippen LogP contribution in [0.4, 0.5) is 0 Å². The first-order chi connectivity index (χ1) is 8.04. The molecule has 0 bridgehead atoms. The number of hydrogen-bond acceptors (Lipinski definition) is 3. The first kappa shape index (κ1) is 13.3. The first-order valence-electron chi connectivity index (χ1n) is 7.16. The van der Waals surface area contributed by atoms with Gasteiger partial charge >= 0.3 is 0 Å².